The van der Waals surface area contributed by atoms with Gasteiger partial charge in [0, 0.05) is 16.8 Å². The van der Waals surface area contributed by atoms with Crippen molar-refractivity contribution in [2.45, 2.75) is 26.8 Å². The van der Waals surface area contributed by atoms with Crippen LogP contribution >= 0.6 is 15.9 Å². The van der Waals surface area contributed by atoms with Gasteiger partial charge in [-0.2, -0.15) is 5.26 Å². The number of ether oxygens (including phenoxy) is 1. The lowest BCUT2D eigenvalue weighted by Crippen LogP contribution is -2.30. The highest BCUT2D eigenvalue weighted by Crippen LogP contribution is 2.22. The number of benzene rings is 1. The van der Waals surface area contributed by atoms with Gasteiger partial charge in [-0.3, -0.25) is 0 Å². The van der Waals surface area contributed by atoms with Gasteiger partial charge >= 0.3 is 0 Å². The average Bonchev–Trinajstić information content (AvgIpc) is 2.34. The van der Waals surface area contributed by atoms with Gasteiger partial charge in [0.1, 0.15) is 6.07 Å². The molecule has 0 amide bonds. The number of nitriles is 1. The molecule has 0 spiro atoms. The second-order valence-corrected chi connectivity index (χ2v) is 5.32. The maximum atomic E-state index is 8.88. The Labute approximate surface area is 117 Å². The Morgan fingerprint density at radius 1 is 1.44 bits per heavy atom. The normalized spacial score (nSPS) is 12.2. The van der Waals surface area contributed by atoms with Gasteiger partial charge in [-0.25, -0.2) is 0 Å². The summed E-state index contributed by atoms with van der Waals surface area (Å²) in [4.78, 5) is 0. The minimum Gasteiger partial charge on any atom is -0.380 e. The minimum absolute atomic E-state index is 0.268. The van der Waals surface area contributed by atoms with E-state index in [1.807, 2.05) is 25.1 Å². The highest BCUT2D eigenvalue weighted by molar-refractivity contribution is 9.10. The standard InChI is InChI=1S/C14H19BrN2O/c1-4-18-9-14(10(2)3)17-12-6-5-11(8-16)13(15)7-12/h5-7,10,14,17H,4,9H2,1-3H3. The Hall–Kier alpha value is -1.05. The van der Waals surface area contributed by atoms with Crippen LogP contribution in [0.5, 0.6) is 0 Å². The summed E-state index contributed by atoms with van der Waals surface area (Å²) in [6, 6.07) is 8.06. The van der Waals surface area contributed by atoms with Crippen molar-refractivity contribution in [2.24, 2.45) is 5.92 Å². The SMILES string of the molecule is CCOCC(Nc1ccc(C#N)c(Br)c1)C(C)C. The first-order chi connectivity index (χ1) is 8.58. The van der Waals surface area contributed by atoms with Crippen LogP contribution in [0.4, 0.5) is 5.69 Å². The summed E-state index contributed by atoms with van der Waals surface area (Å²) in [5.41, 5.74) is 1.64. The van der Waals surface area contributed by atoms with E-state index in [9.17, 15) is 0 Å². The number of hydrogen-bond acceptors (Lipinski definition) is 3. The Morgan fingerprint density at radius 2 is 2.17 bits per heavy atom. The zero-order chi connectivity index (χ0) is 13.5. The zero-order valence-corrected chi connectivity index (χ0v) is 12.6. The van der Waals surface area contributed by atoms with Gasteiger partial charge in [0.15, 0.2) is 0 Å². The van der Waals surface area contributed by atoms with E-state index in [-0.39, 0.29) is 6.04 Å². The van der Waals surface area contributed by atoms with Crippen molar-refractivity contribution < 1.29 is 4.74 Å². The van der Waals surface area contributed by atoms with Crippen LogP contribution in [-0.2, 0) is 4.74 Å². The van der Waals surface area contributed by atoms with Gasteiger partial charge < -0.3 is 10.1 Å². The molecule has 0 bridgehead atoms. The van der Waals surface area contributed by atoms with Crippen molar-refractivity contribution in [1.29, 1.82) is 5.26 Å². The molecule has 1 atom stereocenters. The fourth-order valence-electron chi connectivity index (χ4n) is 1.56. The first-order valence-electron chi connectivity index (χ1n) is 6.12. The second kappa shape index (κ2) is 7.40. The largest absolute Gasteiger partial charge is 0.380 e. The van der Waals surface area contributed by atoms with Crippen molar-refractivity contribution >= 4 is 21.6 Å². The Kier molecular flexibility index (Phi) is 6.17. The van der Waals surface area contributed by atoms with Gasteiger partial charge in [-0.15, -0.1) is 0 Å². The summed E-state index contributed by atoms with van der Waals surface area (Å²) in [5, 5.41) is 12.3. The Balaban J connectivity index is 2.75. The van der Waals surface area contributed by atoms with Crippen molar-refractivity contribution in [1.82, 2.24) is 0 Å². The first-order valence-corrected chi connectivity index (χ1v) is 6.91. The van der Waals surface area contributed by atoms with E-state index in [0.29, 0.717) is 18.1 Å². The fraction of sp³-hybridized carbons (Fsp3) is 0.500. The molecule has 1 rings (SSSR count). The molecule has 0 fully saturated rings. The lowest BCUT2D eigenvalue weighted by atomic mass is 10.0. The van der Waals surface area contributed by atoms with Crippen LogP contribution in [0.2, 0.25) is 0 Å². The summed E-state index contributed by atoms with van der Waals surface area (Å²) in [6.07, 6.45) is 0. The monoisotopic (exact) mass is 310 g/mol. The van der Waals surface area contributed by atoms with Crippen LogP contribution in [0.15, 0.2) is 22.7 Å². The summed E-state index contributed by atoms with van der Waals surface area (Å²) in [6.45, 7) is 7.73. The molecule has 1 aromatic carbocycles. The number of halogens is 1. The maximum absolute atomic E-state index is 8.88. The van der Waals surface area contributed by atoms with Crippen LogP contribution in [0, 0.1) is 17.2 Å². The van der Waals surface area contributed by atoms with E-state index in [1.54, 1.807) is 0 Å². The summed E-state index contributed by atoms with van der Waals surface area (Å²) in [5.74, 6) is 0.478. The third kappa shape index (κ3) is 4.32. The number of hydrogen-bond donors (Lipinski definition) is 1. The molecule has 1 unspecified atom stereocenters. The van der Waals surface area contributed by atoms with Crippen LogP contribution in [0.25, 0.3) is 0 Å². The summed E-state index contributed by atoms with van der Waals surface area (Å²) >= 11 is 3.39. The second-order valence-electron chi connectivity index (χ2n) is 4.46. The molecule has 18 heavy (non-hydrogen) atoms. The fourth-order valence-corrected chi connectivity index (χ4v) is 2.02. The third-order valence-electron chi connectivity index (χ3n) is 2.75. The molecule has 0 saturated carbocycles. The van der Waals surface area contributed by atoms with Gasteiger partial charge in [0.2, 0.25) is 0 Å². The van der Waals surface area contributed by atoms with Crippen LogP contribution in [0.3, 0.4) is 0 Å². The highest BCUT2D eigenvalue weighted by Gasteiger charge is 2.13. The topological polar surface area (TPSA) is 45.0 Å². The molecule has 0 aromatic heterocycles. The van der Waals surface area contributed by atoms with Gasteiger partial charge in [-0.1, -0.05) is 13.8 Å². The molecule has 0 heterocycles. The molecule has 1 N–H and O–H groups in total. The summed E-state index contributed by atoms with van der Waals surface area (Å²) < 4.78 is 6.29. The van der Waals surface area contributed by atoms with Gasteiger partial charge in [0.05, 0.1) is 18.2 Å². The quantitative estimate of drug-likeness (QED) is 0.869. The minimum atomic E-state index is 0.268. The van der Waals surface area contributed by atoms with Crippen LogP contribution in [0.1, 0.15) is 26.3 Å². The van der Waals surface area contributed by atoms with Crippen LogP contribution in [-0.4, -0.2) is 19.3 Å². The predicted octanol–water partition coefficient (Wildman–Crippen LogP) is 3.79. The number of nitrogens with zero attached hydrogens (tertiary/aromatic N) is 1. The lowest BCUT2D eigenvalue weighted by Gasteiger charge is -2.23. The van der Waals surface area contributed by atoms with Crippen molar-refractivity contribution in [3.8, 4) is 6.07 Å². The molecule has 0 radical (unpaired) electrons. The van der Waals surface area contributed by atoms with E-state index in [2.05, 4.69) is 41.2 Å². The van der Waals surface area contributed by atoms with Crippen molar-refractivity contribution in [2.75, 3.05) is 18.5 Å². The molecular formula is C14H19BrN2O. The Bertz CT molecular complexity index is 426. The molecule has 98 valence electrons. The molecule has 0 aliphatic rings. The smallest absolute Gasteiger partial charge is 0.100 e. The molecule has 0 aliphatic carbocycles. The van der Waals surface area contributed by atoms with E-state index < -0.39 is 0 Å². The number of nitrogens with one attached hydrogen (secondary N) is 1. The molecule has 3 nitrogen and oxygen atoms in total. The van der Waals surface area contributed by atoms with Crippen LogP contribution < -0.4 is 5.32 Å². The van der Waals surface area contributed by atoms with E-state index in [1.165, 1.54) is 0 Å². The molecule has 1 aromatic rings. The number of anilines is 1. The Morgan fingerprint density at radius 3 is 2.67 bits per heavy atom. The van der Waals surface area contributed by atoms with Gasteiger partial charge in [0.25, 0.3) is 0 Å². The maximum Gasteiger partial charge on any atom is 0.100 e. The highest BCUT2D eigenvalue weighted by atomic mass is 79.9. The van der Waals surface area contributed by atoms with Crippen molar-refractivity contribution in [3.05, 3.63) is 28.2 Å². The van der Waals surface area contributed by atoms with E-state index in [0.717, 1.165) is 16.8 Å². The van der Waals surface area contributed by atoms with E-state index in [4.69, 9.17) is 10.00 Å². The van der Waals surface area contributed by atoms with E-state index >= 15 is 0 Å². The molecule has 4 heteroatoms. The predicted molar refractivity (Wildman–Crippen MR) is 77.6 cm³/mol. The lowest BCUT2D eigenvalue weighted by molar-refractivity contribution is 0.127. The van der Waals surface area contributed by atoms with Crippen molar-refractivity contribution in [3.63, 3.8) is 0 Å². The molecular weight excluding hydrogens is 292 g/mol. The zero-order valence-electron chi connectivity index (χ0n) is 11.0. The first kappa shape index (κ1) is 15.0. The molecule has 0 aliphatic heterocycles. The van der Waals surface area contributed by atoms with Gasteiger partial charge in [-0.05, 0) is 47.0 Å². The average molecular weight is 311 g/mol. The third-order valence-corrected chi connectivity index (χ3v) is 3.40. The summed E-state index contributed by atoms with van der Waals surface area (Å²) in [7, 11) is 0. The molecule has 0 saturated heterocycles. The number of rotatable bonds is 6.